The summed E-state index contributed by atoms with van der Waals surface area (Å²) in [6.45, 7) is 6.65. The van der Waals surface area contributed by atoms with E-state index in [0.717, 1.165) is 11.1 Å². The Morgan fingerprint density at radius 1 is 1.00 bits per heavy atom. The Morgan fingerprint density at radius 3 is 2.19 bits per heavy atom. The monoisotopic (exact) mass is 386 g/mol. The minimum Gasteiger partial charge on any atom is -0.492 e. The molecule has 0 aliphatic rings. The van der Waals surface area contributed by atoms with Gasteiger partial charge < -0.3 is 4.74 Å². The molecule has 0 fully saturated rings. The minimum absolute atomic E-state index is 0.00298. The van der Waals surface area contributed by atoms with Crippen LogP contribution < -0.4 is 4.74 Å². The quantitative estimate of drug-likeness (QED) is 0.544. The predicted octanol–water partition coefficient (Wildman–Crippen LogP) is 6.49. The average Bonchev–Trinajstić information content (AvgIpc) is 2.41. The highest BCUT2D eigenvalue weighted by Gasteiger charge is 2.17. The number of hydrogen-bond acceptors (Lipinski definition) is 1. The van der Waals surface area contributed by atoms with Gasteiger partial charge >= 0.3 is 0 Å². The van der Waals surface area contributed by atoms with Crippen LogP contribution >= 0.6 is 39.1 Å². The van der Waals surface area contributed by atoms with Gasteiger partial charge in [0.15, 0.2) is 0 Å². The summed E-state index contributed by atoms with van der Waals surface area (Å²) < 4.78 is 5.46. The van der Waals surface area contributed by atoms with Crippen LogP contribution in [0.2, 0.25) is 10.0 Å². The first-order chi connectivity index (χ1) is 9.92. The van der Waals surface area contributed by atoms with Crippen molar-refractivity contribution in [2.75, 3.05) is 6.61 Å². The van der Waals surface area contributed by atoms with Gasteiger partial charge in [0.25, 0.3) is 0 Å². The van der Waals surface area contributed by atoms with E-state index in [0.29, 0.717) is 22.4 Å². The summed E-state index contributed by atoms with van der Waals surface area (Å²) in [7, 11) is 0. The Hall–Kier alpha value is -0.700. The topological polar surface area (TPSA) is 9.23 Å². The second-order valence-electron chi connectivity index (χ2n) is 5.02. The SMILES string of the molecule is CCOc1cc(Cl)c(C(Br)c2cc(C)cc(C)c2)cc1Cl. The van der Waals surface area contributed by atoms with E-state index >= 15 is 0 Å². The second kappa shape index (κ2) is 7.04. The lowest BCUT2D eigenvalue weighted by Gasteiger charge is -2.16. The third-order valence-electron chi connectivity index (χ3n) is 3.16. The highest BCUT2D eigenvalue weighted by Crippen LogP contribution is 2.40. The summed E-state index contributed by atoms with van der Waals surface area (Å²) in [5.41, 5.74) is 4.55. The molecule has 112 valence electrons. The zero-order valence-electron chi connectivity index (χ0n) is 12.2. The maximum atomic E-state index is 6.39. The smallest absolute Gasteiger partial charge is 0.139 e. The lowest BCUT2D eigenvalue weighted by molar-refractivity contribution is 0.340. The lowest BCUT2D eigenvalue weighted by Crippen LogP contribution is -1.98. The maximum Gasteiger partial charge on any atom is 0.139 e. The van der Waals surface area contributed by atoms with Crippen LogP contribution in [0.15, 0.2) is 30.3 Å². The molecule has 0 spiro atoms. The third kappa shape index (κ3) is 3.94. The number of aryl methyl sites for hydroxylation is 2. The Balaban J connectivity index is 2.43. The van der Waals surface area contributed by atoms with E-state index in [9.17, 15) is 0 Å². The van der Waals surface area contributed by atoms with Gasteiger partial charge in [0.2, 0.25) is 0 Å². The summed E-state index contributed by atoms with van der Waals surface area (Å²) in [4.78, 5) is -0.00298. The molecule has 2 aromatic carbocycles. The van der Waals surface area contributed by atoms with E-state index in [4.69, 9.17) is 27.9 Å². The van der Waals surface area contributed by atoms with Crippen LogP contribution in [-0.4, -0.2) is 6.61 Å². The molecule has 1 nitrogen and oxygen atoms in total. The van der Waals surface area contributed by atoms with Gasteiger partial charge in [-0.1, -0.05) is 68.5 Å². The van der Waals surface area contributed by atoms with Crippen LogP contribution in [0.4, 0.5) is 0 Å². The molecule has 0 aliphatic heterocycles. The zero-order chi connectivity index (χ0) is 15.6. The van der Waals surface area contributed by atoms with Crippen molar-refractivity contribution >= 4 is 39.1 Å². The first-order valence-corrected chi connectivity index (χ1v) is 8.43. The molecule has 1 atom stereocenters. The van der Waals surface area contributed by atoms with Crippen molar-refractivity contribution in [3.8, 4) is 5.75 Å². The number of alkyl halides is 1. The van der Waals surface area contributed by atoms with Gasteiger partial charge in [-0.05, 0) is 38.0 Å². The van der Waals surface area contributed by atoms with Gasteiger partial charge in [-0.25, -0.2) is 0 Å². The Morgan fingerprint density at radius 2 is 1.62 bits per heavy atom. The molecule has 4 heteroatoms. The molecule has 1 unspecified atom stereocenters. The van der Waals surface area contributed by atoms with Crippen LogP contribution in [-0.2, 0) is 0 Å². The highest BCUT2D eigenvalue weighted by atomic mass is 79.9. The summed E-state index contributed by atoms with van der Waals surface area (Å²) >= 11 is 16.4. The molecule has 0 saturated carbocycles. The molecule has 0 N–H and O–H groups in total. The maximum absolute atomic E-state index is 6.39. The lowest BCUT2D eigenvalue weighted by atomic mass is 10.0. The molecular weight excluding hydrogens is 371 g/mol. The Labute approximate surface area is 144 Å². The summed E-state index contributed by atoms with van der Waals surface area (Å²) in [5, 5.41) is 1.22. The number of ether oxygens (including phenoxy) is 1. The van der Waals surface area contributed by atoms with E-state index in [1.54, 1.807) is 6.07 Å². The molecule has 0 heterocycles. The minimum atomic E-state index is -0.00298. The fraction of sp³-hybridized carbons (Fsp3) is 0.294. The van der Waals surface area contributed by atoms with Gasteiger partial charge in [0, 0.05) is 11.1 Å². The first-order valence-electron chi connectivity index (χ1n) is 6.76. The van der Waals surface area contributed by atoms with Crippen LogP contribution in [0.5, 0.6) is 5.75 Å². The van der Waals surface area contributed by atoms with Crippen LogP contribution in [0, 0.1) is 13.8 Å². The van der Waals surface area contributed by atoms with E-state index in [1.807, 2.05) is 13.0 Å². The highest BCUT2D eigenvalue weighted by molar-refractivity contribution is 9.09. The van der Waals surface area contributed by atoms with Gasteiger partial charge in [-0.3, -0.25) is 0 Å². The first kappa shape index (κ1) is 16.7. The van der Waals surface area contributed by atoms with Gasteiger partial charge in [-0.2, -0.15) is 0 Å². The molecule has 0 radical (unpaired) electrons. The van der Waals surface area contributed by atoms with Crippen LogP contribution in [0.25, 0.3) is 0 Å². The zero-order valence-corrected chi connectivity index (χ0v) is 15.3. The summed E-state index contributed by atoms with van der Waals surface area (Å²) in [6.07, 6.45) is 0. The molecular formula is C17H17BrCl2O. The van der Waals surface area contributed by atoms with Crippen LogP contribution in [0.3, 0.4) is 0 Å². The molecule has 0 aliphatic carbocycles. The third-order valence-corrected chi connectivity index (χ3v) is 4.81. The van der Waals surface area contributed by atoms with Crippen molar-refractivity contribution in [2.24, 2.45) is 0 Å². The van der Waals surface area contributed by atoms with Crippen molar-refractivity contribution in [2.45, 2.75) is 25.6 Å². The fourth-order valence-electron chi connectivity index (χ4n) is 2.34. The largest absolute Gasteiger partial charge is 0.492 e. The van der Waals surface area contributed by atoms with E-state index in [1.165, 1.54) is 11.1 Å². The standard InChI is InChI=1S/C17H17BrCl2O/c1-4-21-16-9-14(19)13(8-15(16)20)17(18)12-6-10(2)5-11(3)7-12/h5-9,17H,4H2,1-3H3. The van der Waals surface area contributed by atoms with Gasteiger partial charge in [0.1, 0.15) is 5.75 Å². The number of benzene rings is 2. The number of hydrogen-bond donors (Lipinski definition) is 0. The van der Waals surface area contributed by atoms with Gasteiger partial charge in [-0.15, -0.1) is 0 Å². The van der Waals surface area contributed by atoms with Crippen LogP contribution in [0.1, 0.15) is 34.0 Å². The Bertz CT molecular complexity index is 635. The van der Waals surface area contributed by atoms with Crippen molar-refractivity contribution < 1.29 is 4.74 Å². The summed E-state index contributed by atoms with van der Waals surface area (Å²) in [5.74, 6) is 0.619. The predicted molar refractivity (Wildman–Crippen MR) is 94.3 cm³/mol. The molecule has 0 saturated heterocycles. The number of rotatable bonds is 4. The van der Waals surface area contributed by atoms with E-state index in [-0.39, 0.29) is 4.83 Å². The van der Waals surface area contributed by atoms with Crippen molar-refractivity contribution in [1.82, 2.24) is 0 Å². The second-order valence-corrected chi connectivity index (χ2v) is 6.75. The normalized spacial score (nSPS) is 12.3. The average molecular weight is 388 g/mol. The molecule has 0 bridgehead atoms. The number of halogens is 3. The molecule has 0 aromatic heterocycles. The van der Waals surface area contributed by atoms with Gasteiger partial charge in [0.05, 0.1) is 16.5 Å². The van der Waals surface area contributed by atoms with E-state index < -0.39 is 0 Å². The Kier molecular flexibility index (Phi) is 5.59. The van der Waals surface area contributed by atoms with Crippen molar-refractivity contribution in [1.29, 1.82) is 0 Å². The fourth-order valence-corrected chi connectivity index (χ4v) is 3.60. The van der Waals surface area contributed by atoms with Crippen molar-refractivity contribution in [3.63, 3.8) is 0 Å². The van der Waals surface area contributed by atoms with Crippen molar-refractivity contribution in [3.05, 3.63) is 62.6 Å². The molecule has 21 heavy (non-hydrogen) atoms. The molecule has 2 rings (SSSR count). The summed E-state index contributed by atoms with van der Waals surface area (Å²) in [6, 6.07) is 10.1. The molecule has 0 amide bonds. The molecule has 2 aromatic rings. The van der Waals surface area contributed by atoms with E-state index in [2.05, 4.69) is 48.0 Å².